The fourth-order valence-corrected chi connectivity index (χ4v) is 1.67. The van der Waals surface area contributed by atoms with Crippen molar-refractivity contribution in [2.24, 2.45) is 10.8 Å². The maximum atomic E-state index is 8.66. The van der Waals surface area contributed by atoms with Crippen LogP contribution in [0.3, 0.4) is 0 Å². The van der Waals surface area contributed by atoms with E-state index in [1.165, 1.54) is 0 Å². The van der Waals surface area contributed by atoms with Crippen molar-refractivity contribution in [1.82, 2.24) is 0 Å². The zero-order chi connectivity index (χ0) is 31.3. The van der Waals surface area contributed by atoms with Gasteiger partial charge in [-0.3, -0.25) is 0 Å². The molecule has 0 atom stereocenters. The van der Waals surface area contributed by atoms with Gasteiger partial charge in [0.2, 0.25) is 0 Å². The van der Waals surface area contributed by atoms with Crippen molar-refractivity contribution in [3.63, 3.8) is 0 Å². The molecule has 0 bridgehead atoms. The van der Waals surface area contributed by atoms with Crippen LogP contribution in [0.25, 0.3) is 0 Å². The molecule has 39 heavy (non-hydrogen) atoms. The molecule has 0 radical (unpaired) electrons. The van der Waals surface area contributed by atoms with Crippen molar-refractivity contribution >= 4 is 0 Å². The van der Waals surface area contributed by atoms with Crippen LogP contribution in [-0.2, 0) is 14.2 Å². The van der Waals surface area contributed by atoms with Crippen molar-refractivity contribution in [3.8, 4) is 0 Å². The summed E-state index contributed by atoms with van der Waals surface area (Å²) in [5, 5.41) is 60.1. The Hall–Kier alpha value is -1.70. The summed E-state index contributed by atoms with van der Waals surface area (Å²) in [4.78, 5) is 0. The number of hydrogen-bond acceptors (Lipinski definition) is 10. The first-order chi connectivity index (χ1) is 18.7. The molecule has 0 aromatic carbocycles. The van der Waals surface area contributed by atoms with Gasteiger partial charge < -0.3 is 50.0 Å². The minimum Gasteiger partial charge on any atom is -0.396 e. The molecule has 0 fully saturated rings. The normalized spacial score (nSPS) is 9.97. The van der Waals surface area contributed by atoms with Gasteiger partial charge in [0, 0.05) is 10.8 Å². The molecular formula is C29H58O10. The van der Waals surface area contributed by atoms with Gasteiger partial charge in [0.25, 0.3) is 0 Å². The van der Waals surface area contributed by atoms with Crippen LogP contribution < -0.4 is 0 Å². The first-order valence-corrected chi connectivity index (χ1v) is 12.8. The molecule has 0 aliphatic rings. The third-order valence-corrected chi connectivity index (χ3v) is 4.93. The first-order valence-electron chi connectivity index (χ1n) is 12.8. The Morgan fingerprint density at radius 3 is 0.821 bits per heavy atom. The van der Waals surface area contributed by atoms with E-state index in [9.17, 15) is 0 Å². The van der Waals surface area contributed by atoms with Gasteiger partial charge in [-0.25, -0.2) is 0 Å². The van der Waals surface area contributed by atoms with Gasteiger partial charge in [-0.1, -0.05) is 44.2 Å². The number of aliphatic hydroxyl groups excluding tert-OH is 7. The van der Waals surface area contributed by atoms with Crippen molar-refractivity contribution in [2.75, 3.05) is 85.9 Å². The molecule has 0 amide bonds. The molecule has 0 aromatic rings. The van der Waals surface area contributed by atoms with Gasteiger partial charge in [-0.05, 0) is 12.8 Å². The van der Waals surface area contributed by atoms with E-state index in [4.69, 9.17) is 50.0 Å². The van der Waals surface area contributed by atoms with E-state index in [1.807, 2.05) is 13.8 Å². The molecule has 10 nitrogen and oxygen atoms in total. The number of hydrogen-bond donors (Lipinski definition) is 7. The lowest BCUT2D eigenvalue weighted by Gasteiger charge is -2.24. The van der Waals surface area contributed by atoms with Crippen LogP contribution in [0.15, 0.2) is 63.3 Å². The highest BCUT2D eigenvalue weighted by molar-refractivity contribution is 4.75. The van der Waals surface area contributed by atoms with E-state index >= 15 is 0 Å². The van der Waals surface area contributed by atoms with Gasteiger partial charge >= 0.3 is 0 Å². The van der Waals surface area contributed by atoms with Crippen LogP contribution in [0.1, 0.15) is 26.7 Å². The second-order valence-corrected chi connectivity index (χ2v) is 7.97. The SMILES string of the molecule is C=CCOCC=C.C=CCOCC=C.C=CCOCCO.CCC(CO)(CO)CO.CCC(CO)(CO)CO. The summed E-state index contributed by atoms with van der Waals surface area (Å²) in [5.41, 5.74) is -1.33. The second-order valence-electron chi connectivity index (χ2n) is 7.97. The average Bonchev–Trinajstić information content (AvgIpc) is 2.98. The van der Waals surface area contributed by atoms with Crippen molar-refractivity contribution in [2.45, 2.75) is 26.7 Å². The predicted molar refractivity (Wildman–Crippen MR) is 158 cm³/mol. The van der Waals surface area contributed by atoms with Gasteiger partial charge in [-0.15, -0.1) is 32.9 Å². The zero-order valence-corrected chi connectivity index (χ0v) is 24.4. The van der Waals surface area contributed by atoms with Crippen molar-refractivity contribution in [1.29, 1.82) is 0 Å². The van der Waals surface area contributed by atoms with Gasteiger partial charge in [-0.2, -0.15) is 0 Å². The third kappa shape index (κ3) is 36.3. The topological polar surface area (TPSA) is 169 Å². The lowest BCUT2D eigenvalue weighted by atomic mass is 9.88. The lowest BCUT2D eigenvalue weighted by Crippen LogP contribution is -2.32. The van der Waals surface area contributed by atoms with Gasteiger partial charge in [0.1, 0.15) is 0 Å². The Kier molecular flexibility index (Phi) is 49.3. The molecule has 0 spiro atoms. The van der Waals surface area contributed by atoms with E-state index < -0.39 is 10.8 Å². The molecule has 0 rings (SSSR count). The number of rotatable bonds is 20. The fourth-order valence-electron chi connectivity index (χ4n) is 1.67. The standard InChI is InChI=1S/2C6H14O3.2C6H10O.C5H10O2/c2*1-2-6(3-7,4-8)5-9;2*1-3-5-7-6-4-2;1-2-4-7-5-3-6/h2*7-9H,2-5H2,1H3;2*3-4H,1-2,5-6H2;2,6H,1,3-5H2. The molecule has 0 saturated carbocycles. The van der Waals surface area contributed by atoms with Crippen LogP contribution in [0, 0.1) is 10.8 Å². The highest BCUT2D eigenvalue weighted by atomic mass is 16.5. The summed E-state index contributed by atoms with van der Waals surface area (Å²) in [6.07, 6.45) is 9.68. The first kappa shape index (κ1) is 47.1. The summed E-state index contributed by atoms with van der Waals surface area (Å²) in [7, 11) is 0. The van der Waals surface area contributed by atoms with Crippen molar-refractivity contribution in [3.05, 3.63) is 63.3 Å². The fraction of sp³-hybridized carbons (Fsp3) is 0.655. The monoisotopic (exact) mass is 566 g/mol. The molecule has 0 aromatic heterocycles. The van der Waals surface area contributed by atoms with Crippen LogP contribution in [0.2, 0.25) is 0 Å². The number of ether oxygens (including phenoxy) is 3. The number of aliphatic hydroxyl groups is 7. The largest absolute Gasteiger partial charge is 0.396 e. The van der Waals surface area contributed by atoms with E-state index in [-0.39, 0.29) is 46.2 Å². The molecule has 0 aliphatic heterocycles. The summed E-state index contributed by atoms with van der Waals surface area (Å²) >= 11 is 0. The Bertz CT molecular complexity index is 415. The summed E-state index contributed by atoms with van der Waals surface area (Å²) < 4.78 is 14.6. The van der Waals surface area contributed by atoms with Crippen LogP contribution in [0.4, 0.5) is 0 Å². The highest BCUT2D eigenvalue weighted by Gasteiger charge is 2.25. The summed E-state index contributed by atoms with van der Waals surface area (Å²) in [6, 6.07) is 0. The van der Waals surface area contributed by atoms with Gasteiger partial charge in [0.05, 0.1) is 85.9 Å². The zero-order valence-electron chi connectivity index (χ0n) is 24.4. The average molecular weight is 567 g/mol. The smallest absolute Gasteiger partial charge is 0.0701 e. The Morgan fingerprint density at radius 1 is 0.462 bits per heavy atom. The predicted octanol–water partition coefficient (Wildman–Crippen LogP) is 1.65. The minimum atomic E-state index is -0.667. The minimum absolute atomic E-state index is 0.0911. The maximum Gasteiger partial charge on any atom is 0.0701 e. The molecule has 0 unspecified atom stereocenters. The molecule has 10 heteroatoms. The Labute approximate surface area is 236 Å². The van der Waals surface area contributed by atoms with Crippen molar-refractivity contribution < 1.29 is 50.0 Å². The second kappa shape index (κ2) is 40.8. The van der Waals surface area contributed by atoms with E-state index in [1.54, 1.807) is 30.4 Å². The Balaban J connectivity index is -0.000000124. The van der Waals surface area contributed by atoms with Crippen LogP contribution in [0.5, 0.6) is 0 Å². The highest BCUT2D eigenvalue weighted by Crippen LogP contribution is 2.18. The van der Waals surface area contributed by atoms with E-state index in [0.29, 0.717) is 52.5 Å². The molecule has 0 aliphatic carbocycles. The molecule has 7 N–H and O–H groups in total. The van der Waals surface area contributed by atoms with Crippen LogP contribution >= 0.6 is 0 Å². The molecular weight excluding hydrogens is 508 g/mol. The lowest BCUT2D eigenvalue weighted by molar-refractivity contribution is 0.00275. The van der Waals surface area contributed by atoms with Crippen LogP contribution in [-0.4, -0.2) is 122 Å². The molecule has 234 valence electrons. The molecule has 0 saturated heterocycles. The summed E-state index contributed by atoms with van der Waals surface area (Å²) in [5.74, 6) is 0. The maximum absolute atomic E-state index is 8.66. The van der Waals surface area contributed by atoms with Gasteiger partial charge in [0.15, 0.2) is 0 Å². The summed E-state index contributed by atoms with van der Waals surface area (Å²) in [6.45, 7) is 23.5. The molecule has 0 heterocycles. The van der Waals surface area contributed by atoms with E-state index in [2.05, 4.69) is 32.9 Å². The Morgan fingerprint density at radius 2 is 0.692 bits per heavy atom. The quantitative estimate of drug-likeness (QED) is 0.0850. The van der Waals surface area contributed by atoms with E-state index in [0.717, 1.165) is 0 Å². The third-order valence-electron chi connectivity index (χ3n) is 4.93.